The molecule has 0 saturated carbocycles. The van der Waals surface area contributed by atoms with Crippen LogP contribution in [-0.2, 0) is 0 Å². The zero-order chi connectivity index (χ0) is 19.4. The molecule has 10 heteroatoms. The van der Waals surface area contributed by atoms with Crippen molar-refractivity contribution in [3.8, 4) is 0 Å². The van der Waals surface area contributed by atoms with E-state index in [1.165, 1.54) is 0 Å². The number of rotatable bonds is 2. The first-order chi connectivity index (χ1) is 12.6. The summed E-state index contributed by atoms with van der Waals surface area (Å²) in [6, 6.07) is 13.9. The van der Waals surface area contributed by atoms with Crippen LogP contribution in [0.5, 0.6) is 0 Å². The number of carbonyl (C=O) groups is 2. The van der Waals surface area contributed by atoms with Gasteiger partial charge in [0.05, 0.1) is 0 Å². The largest absolute Gasteiger partial charge is 0.322 e. The summed E-state index contributed by atoms with van der Waals surface area (Å²) in [5.74, 6) is 8.86. The molecule has 3 rings (SSSR count). The van der Waals surface area contributed by atoms with Crippen molar-refractivity contribution in [2.24, 2.45) is 32.1 Å². The van der Waals surface area contributed by atoms with Crippen LogP contribution in [0.15, 0.2) is 69.0 Å². The number of nitrogens with two attached hydrogens (primary N) is 2. The lowest BCUT2D eigenvalue weighted by atomic mass is 9.84. The van der Waals surface area contributed by atoms with E-state index in [0.29, 0.717) is 22.3 Å². The molecule has 132 valence electrons. The number of nitrogens with zero attached hydrogens (tertiary/aromatic N) is 4. The first-order valence-electron chi connectivity index (χ1n) is 7.06. The van der Waals surface area contributed by atoms with Crippen molar-refractivity contribution in [2.75, 3.05) is 0 Å². The lowest BCUT2D eigenvalue weighted by molar-refractivity contribution is 0.0979. The molecule has 0 spiro atoms. The lowest BCUT2D eigenvalue weighted by Crippen LogP contribution is -2.20. The van der Waals surface area contributed by atoms with Crippen molar-refractivity contribution in [3.05, 3.63) is 70.8 Å². The summed E-state index contributed by atoms with van der Waals surface area (Å²) in [6.45, 7) is 0. The second-order valence-electron chi connectivity index (χ2n) is 4.54. The first kappa shape index (κ1) is 20.0. The summed E-state index contributed by atoms with van der Waals surface area (Å²) in [6.07, 6.45) is 1.89. The van der Waals surface area contributed by atoms with Crippen LogP contribution in [0.1, 0.15) is 31.8 Å². The molecule has 1 aliphatic rings. The Morgan fingerprint density at radius 1 is 0.654 bits per heavy atom. The number of hydrogen-bond acceptors (Lipinski definition) is 8. The molecule has 0 atom stereocenters. The number of fused-ring (bicyclic) bond motifs is 2. The normalized spacial score (nSPS) is 11.5. The number of hydrazone groups is 2. The molecular formula is C16H16N8O2. The van der Waals surface area contributed by atoms with Gasteiger partial charge in [-0.1, -0.05) is 48.5 Å². The molecule has 0 saturated heterocycles. The van der Waals surface area contributed by atoms with Gasteiger partial charge in [-0.05, 0) is 0 Å². The van der Waals surface area contributed by atoms with Crippen LogP contribution in [0.4, 0.5) is 0 Å². The van der Waals surface area contributed by atoms with Crippen molar-refractivity contribution in [1.29, 1.82) is 11.1 Å². The molecule has 0 bridgehead atoms. The Kier molecular flexibility index (Phi) is 8.18. The maximum atomic E-state index is 12.1. The molecule has 10 nitrogen and oxygen atoms in total. The quantitative estimate of drug-likeness (QED) is 0.181. The Morgan fingerprint density at radius 3 is 1.08 bits per heavy atom. The van der Waals surface area contributed by atoms with Gasteiger partial charge in [0, 0.05) is 22.3 Å². The number of hydrogen-bond donors (Lipinski definition) is 4. The van der Waals surface area contributed by atoms with E-state index in [9.17, 15) is 9.59 Å². The number of carbonyl (C=O) groups excluding carboxylic acids is 2. The zero-order valence-electron chi connectivity index (χ0n) is 13.5. The summed E-state index contributed by atoms with van der Waals surface area (Å²) in [4.78, 5) is 24.2. The minimum absolute atomic E-state index is 0.0641. The highest BCUT2D eigenvalue weighted by Crippen LogP contribution is 2.26. The lowest BCUT2D eigenvalue weighted by Gasteiger charge is -2.16. The number of benzene rings is 2. The monoisotopic (exact) mass is 352 g/mol. The summed E-state index contributed by atoms with van der Waals surface area (Å²) in [5, 5.41) is 11.1. The van der Waals surface area contributed by atoms with Gasteiger partial charge < -0.3 is 11.7 Å². The molecule has 0 aliphatic heterocycles. The highest BCUT2D eigenvalue weighted by atomic mass is 16.1. The van der Waals surface area contributed by atoms with Crippen LogP contribution >= 0.6 is 0 Å². The minimum Gasteiger partial charge on any atom is -0.322 e. The summed E-state index contributed by atoms with van der Waals surface area (Å²) in [7, 11) is 0. The third kappa shape index (κ3) is 4.96. The predicted molar refractivity (Wildman–Crippen MR) is 95.4 cm³/mol. The molecule has 2 aromatic rings. The van der Waals surface area contributed by atoms with Gasteiger partial charge in [-0.25, -0.2) is 11.1 Å². The Hall–Kier alpha value is -4.08. The Labute approximate surface area is 148 Å². The molecule has 2 aromatic carbocycles. The van der Waals surface area contributed by atoms with Gasteiger partial charge in [0.25, 0.3) is 0 Å². The average molecular weight is 352 g/mol. The van der Waals surface area contributed by atoms with Gasteiger partial charge in [0.1, 0.15) is 0 Å². The molecule has 0 amide bonds. The van der Waals surface area contributed by atoms with E-state index in [2.05, 4.69) is 32.1 Å². The predicted octanol–water partition coefficient (Wildman–Crippen LogP) is 2.30. The minimum atomic E-state index is -0.0641. The smallest absolute Gasteiger partial charge is 0.194 e. The number of ketones is 2. The van der Waals surface area contributed by atoms with Gasteiger partial charge in [-0.15, -0.1) is 10.2 Å². The van der Waals surface area contributed by atoms with Crippen LogP contribution < -0.4 is 11.7 Å². The van der Waals surface area contributed by atoms with Crippen LogP contribution in [0, 0.1) is 11.1 Å². The van der Waals surface area contributed by atoms with Gasteiger partial charge in [0.15, 0.2) is 24.2 Å². The van der Waals surface area contributed by atoms with E-state index in [-0.39, 0.29) is 11.6 Å². The first-order valence-corrected chi connectivity index (χ1v) is 7.06. The van der Waals surface area contributed by atoms with Gasteiger partial charge >= 0.3 is 0 Å². The Balaban J connectivity index is 0.000000284. The summed E-state index contributed by atoms with van der Waals surface area (Å²) >= 11 is 0. The van der Waals surface area contributed by atoms with Crippen molar-refractivity contribution in [1.82, 2.24) is 0 Å². The van der Waals surface area contributed by atoms with Crippen LogP contribution in [-0.4, -0.2) is 24.2 Å². The molecule has 0 fully saturated rings. The standard InChI is InChI=1S/C14H8O2.2CH4N4/c15-13-9-5-1-2-6-10(9)14(16)12-8-4-3-7-11(12)13;2*2-4-1-5-3/h1-8H;2*1-2H,3H2. The zero-order valence-corrected chi connectivity index (χ0v) is 13.5. The van der Waals surface area contributed by atoms with Crippen molar-refractivity contribution in [3.63, 3.8) is 0 Å². The molecule has 1 aliphatic carbocycles. The topological polar surface area (TPSA) is 183 Å². The van der Waals surface area contributed by atoms with Crippen LogP contribution in [0.2, 0.25) is 0 Å². The molecule has 0 heterocycles. The van der Waals surface area contributed by atoms with Crippen molar-refractivity contribution >= 4 is 24.2 Å². The number of nitrogens with one attached hydrogen (secondary N) is 2. The summed E-state index contributed by atoms with van der Waals surface area (Å²) < 4.78 is 0. The van der Waals surface area contributed by atoms with Crippen LogP contribution in [0.25, 0.3) is 0 Å². The Bertz CT molecular complexity index is 739. The van der Waals surface area contributed by atoms with Crippen molar-refractivity contribution in [2.45, 2.75) is 0 Å². The molecular weight excluding hydrogens is 336 g/mol. The van der Waals surface area contributed by atoms with Crippen LogP contribution in [0.3, 0.4) is 0 Å². The highest BCUT2D eigenvalue weighted by molar-refractivity contribution is 6.28. The fourth-order valence-electron chi connectivity index (χ4n) is 2.12. The maximum Gasteiger partial charge on any atom is 0.194 e. The maximum absolute atomic E-state index is 12.1. The third-order valence-corrected chi connectivity index (χ3v) is 3.08. The summed E-state index contributed by atoms with van der Waals surface area (Å²) in [5.41, 5.74) is 14.0. The SMILES string of the molecule is N=NC=NN.N=NC=NN.O=C1c2ccccc2C(=O)c2ccccc21. The van der Waals surface area contributed by atoms with E-state index >= 15 is 0 Å². The fraction of sp³-hybridized carbons (Fsp3) is 0. The fourth-order valence-corrected chi connectivity index (χ4v) is 2.12. The van der Waals surface area contributed by atoms with E-state index < -0.39 is 0 Å². The second kappa shape index (κ2) is 10.6. The highest BCUT2D eigenvalue weighted by Gasteiger charge is 2.28. The average Bonchev–Trinajstić information content (AvgIpc) is 2.68. The van der Waals surface area contributed by atoms with E-state index in [1.54, 1.807) is 48.5 Å². The van der Waals surface area contributed by atoms with E-state index in [1.807, 2.05) is 0 Å². The molecule has 0 unspecified atom stereocenters. The second-order valence-corrected chi connectivity index (χ2v) is 4.54. The Morgan fingerprint density at radius 2 is 0.923 bits per heavy atom. The molecule has 0 radical (unpaired) electrons. The molecule has 26 heavy (non-hydrogen) atoms. The van der Waals surface area contributed by atoms with Gasteiger partial charge in [-0.3, -0.25) is 9.59 Å². The molecule has 0 aromatic heterocycles. The van der Waals surface area contributed by atoms with E-state index in [4.69, 9.17) is 11.1 Å². The molecule has 6 N–H and O–H groups in total. The third-order valence-electron chi connectivity index (χ3n) is 3.08. The van der Waals surface area contributed by atoms with Gasteiger partial charge in [-0.2, -0.15) is 10.2 Å². The van der Waals surface area contributed by atoms with Crippen molar-refractivity contribution < 1.29 is 9.59 Å². The van der Waals surface area contributed by atoms with Gasteiger partial charge in [0.2, 0.25) is 0 Å². The van der Waals surface area contributed by atoms with E-state index in [0.717, 1.165) is 12.7 Å².